The second-order valence-corrected chi connectivity index (χ2v) is 3.98. The highest BCUT2D eigenvalue weighted by Crippen LogP contribution is 2.22. The average Bonchev–Trinajstić information content (AvgIpc) is 2.18. The molecule has 1 rings (SSSR count). The predicted molar refractivity (Wildman–Crippen MR) is 57.8 cm³/mol. The van der Waals surface area contributed by atoms with E-state index in [2.05, 4.69) is 0 Å². The number of carboxylic acid groups (broad SMARTS) is 1. The maximum absolute atomic E-state index is 10.6. The lowest BCUT2D eigenvalue weighted by Gasteiger charge is -2.13. The van der Waals surface area contributed by atoms with Crippen molar-refractivity contribution in [1.82, 2.24) is 0 Å². The number of aliphatic carboxylic acids is 1. The molecule has 15 heavy (non-hydrogen) atoms. The van der Waals surface area contributed by atoms with Crippen molar-refractivity contribution in [2.45, 2.75) is 19.4 Å². The number of rotatable bonds is 4. The van der Waals surface area contributed by atoms with E-state index in [0.29, 0.717) is 10.6 Å². The number of hydrogen-bond acceptors (Lipinski definition) is 2. The van der Waals surface area contributed by atoms with Crippen LogP contribution in [0.15, 0.2) is 24.3 Å². The van der Waals surface area contributed by atoms with Gasteiger partial charge in [-0.15, -0.1) is 0 Å². The van der Waals surface area contributed by atoms with Crippen LogP contribution in [-0.2, 0) is 4.79 Å². The molecule has 0 bridgehead atoms. The largest absolute Gasteiger partial charge is 0.481 e. The summed E-state index contributed by atoms with van der Waals surface area (Å²) in [5.74, 6) is -1.46. The highest BCUT2D eigenvalue weighted by Gasteiger charge is 2.17. The molecular weight excluding hydrogens is 216 g/mol. The van der Waals surface area contributed by atoms with Crippen molar-refractivity contribution in [3.63, 3.8) is 0 Å². The standard InChI is InChI=1S/C11H13ClO3/c1-7(11(14)15)6-10(13)8-2-4-9(12)5-3-8/h2-5,7,10,13H,6H2,1H3,(H,14,15). The number of hydrogen-bond donors (Lipinski definition) is 2. The van der Waals surface area contributed by atoms with Gasteiger partial charge in [-0.25, -0.2) is 0 Å². The van der Waals surface area contributed by atoms with Gasteiger partial charge in [0.25, 0.3) is 0 Å². The number of carbonyl (C=O) groups is 1. The van der Waals surface area contributed by atoms with E-state index < -0.39 is 18.0 Å². The summed E-state index contributed by atoms with van der Waals surface area (Å²) >= 11 is 5.70. The van der Waals surface area contributed by atoms with Crippen molar-refractivity contribution in [1.29, 1.82) is 0 Å². The molecule has 0 saturated heterocycles. The maximum atomic E-state index is 10.6. The van der Waals surface area contributed by atoms with Gasteiger partial charge in [0.1, 0.15) is 0 Å². The molecule has 1 aromatic rings. The van der Waals surface area contributed by atoms with Crippen molar-refractivity contribution < 1.29 is 15.0 Å². The zero-order valence-electron chi connectivity index (χ0n) is 8.35. The van der Waals surface area contributed by atoms with Crippen LogP contribution in [0.4, 0.5) is 0 Å². The van der Waals surface area contributed by atoms with Gasteiger partial charge in [0.2, 0.25) is 0 Å². The molecule has 4 heteroatoms. The van der Waals surface area contributed by atoms with E-state index in [4.69, 9.17) is 16.7 Å². The fraction of sp³-hybridized carbons (Fsp3) is 0.364. The van der Waals surface area contributed by atoms with E-state index in [1.54, 1.807) is 31.2 Å². The van der Waals surface area contributed by atoms with Crippen LogP contribution < -0.4 is 0 Å². The molecule has 2 atom stereocenters. The Morgan fingerprint density at radius 3 is 2.40 bits per heavy atom. The van der Waals surface area contributed by atoms with Crippen LogP contribution in [-0.4, -0.2) is 16.2 Å². The highest BCUT2D eigenvalue weighted by molar-refractivity contribution is 6.30. The van der Waals surface area contributed by atoms with Crippen LogP contribution in [0.3, 0.4) is 0 Å². The molecule has 0 saturated carbocycles. The molecule has 82 valence electrons. The smallest absolute Gasteiger partial charge is 0.306 e. The topological polar surface area (TPSA) is 57.5 Å². The van der Waals surface area contributed by atoms with Crippen LogP contribution in [0.25, 0.3) is 0 Å². The Kier molecular flexibility index (Phi) is 4.12. The molecule has 0 fully saturated rings. The third-order valence-corrected chi connectivity index (χ3v) is 2.51. The Bertz CT molecular complexity index is 334. The van der Waals surface area contributed by atoms with Gasteiger partial charge in [0.15, 0.2) is 0 Å². The van der Waals surface area contributed by atoms with Crippen LogP contribution in [0.2, 0.25) is 5.02 Å². The Hall–Kier alpha value is -1.06. The molecular formula is C11H13ClO3. The summed E-state index contributed by atoms with van der Waals surface area (Å²) in [6, 6.07) is 6.74. The van der Waals surface area contributed by atoms with E-state index in [1.165, 1.54) is 0 Å². The summed E-state index contributed by atoms with van der Waals surface area (Å²) in [7, 11) is 0. The third-order valence-electron chi connectivity index (χ3n) is 2.25. The highest BCUT2D eigenvalue weighted by atomic mass is 35.5. The lowest BCUT2D eigenvalue weighted by atomic mass is 9.98. The van der Waals surface area contributed by atoms with Crippen LogP contribution in [0, 0.1) is 5.92 Å². The van der Waals surface area contributed by atoms with Gasteiger partial charge >= 0.3 is 5.97 Å². The van der Waals surface area contributed by atoms with Crippen LogP contribution in [0.1, 0.15) is 25.0 Å². The van der Waals surface area contributed by atoms with Gasteiger partial charge in [-0.1, -0.05) is 30.7 Å². The fourth-order valence-corrected chi connectivity index (χ4v) is 1.38. The molecule has 0 radical (unpaired) electrons. The molecule has 0 aliphatic carbocycles. The number of aliphatic hydroxyl groups excluding tert-OH is 1. The minimum absolute atomic E-state index is 0.205. The zero-order valence-corrected chi connectivity index (χ0v) is 9.11. The molecule has 0 aliphatic rings. The first-order chi connectivity index (χ1) is 7.00. The molecule has 0 spiro atoms. The molecule has 0 aromatic heterocycles. The number of carboxylic acids is 1. The Morgan fingerprint density at radius 2 is 1.93 bits per heavy atom. The normalized spacial score (nSPS) is 14.6. The molecule has 0 amide bonds. The summed E-state index contributed by atoms with van der Waals surface area (Å²) in [6.45, 7) is 1.57. The van der Waals surface area contributed by atoms with Crippen molar-refractivity contribution >= 4 is 17.6 Å². The Morgan fingerprint density at radius 1 is 1.40 bits per heavy atom. The van der Waals surface area contributed by atoms with Gasteiger partial charge < -0.3 is 10.2 Å². The molecule has 1 aromatic carbocycles. The van der Waals surface area contributed by atoms with Crippen molar-refractivity contribution in [3.05, 3.63) is 34.9 Å². The third kappa shape index (κ3) is 3.53. The number of aliphatic hydroxyl groups is 1. The zero-order chi connectivity index (χ0) is 11.4. The summed E-state index contributed by atoms with van der Waals surface area (Å²) in [5.41, 5.74) is 0.688. The quantitative estimate of drug-likeness (QED) is 0.833. The minimum Gasteiger partial charge on any atom is -0.481 e. The first-order valence-electron chi connectivity index (χ1n) is 4.67. The summed E-state index contributed by atoms with van der Waals surface area (Å²) in [4.78, 5) is 10.6. The van der Waals surface area contributed by atoms with Crippen molar-refractivity contribution in [3.8, 4) is 0 Å². The number of halogens is 1. The van der Waals surface area contributed by atoms with E-state index in [9.17, 15) is 9.90 Å². The van der Waals surface area contributed by atoms with Gasteiger partial charge in [-0.3, -0.25) is 4.79 Å². The number of benzene rings is 1. The first-order valence-corrected chi connectivity index (χ1v) is 5.05. The first kappa shape index (κ1) is 12.0. The van der Waals surface area contributed by atoms with E-state index in [1.807, 2.05) is 0 Å². The molecule has 0 heterocycles. The lowest BCUT2D eigenvalue weighted by Crippen LogP contribution is -2.13. The molecule has 2 unspecified atom stereocenters. The maximum Gasteiger partial charge on any atom is 0.306 e. The summed E-state index contributed by atoms with van der Waals surface area (Å²) in [5, 5.41) is 19.0. The predicted octanol–water partition coefficient (Wildman–Crippen LogP) is 2.48. The van der Waals surface area contributed by atoms with Gasteiger partial charge in [-0.2, -0.15) is 0 Å². The second-order valence-electron chi connectivity index (χ2n) is 3.54. The van der Waals surface area contributed by atoms with E-state index in [-0.39, 0.29) is 6.42 Å². The Balaban J connectivity index is 2.64. The van der Waals surface area contributed by atoms with Gasteiger partial charge in [0.05, 0.1) is 12.0 Å². The van der Waals surface area contributed by atoms with Crippen LogP contribution >= 0.6 is 11.6 Å². The molecule has 3 nitrogen and oxygen atoms in total. The Labute approximate surface area is 93.3 Å². The molecule has 0 aliphatic heterocycles. The monoisotopic (exact) mass is 228 g/mol. The van der Waals surface area contributed by atoms with Crippen molar-refractivity contribution in [2.75, 3.05) is 0 Å². The second kappa shape index (κ2) is 5.14. The summed E-state index contributed by atoms with van der Waals surface area (Å²) in [6.07, 6.45) is -0.551. The fourth-order valence-electron chi connectivity index (χ4n) is 1.26. The minimum atomic E-state index is -0.900. The summed E-state index contributed by atoms with van der Waals surface area (Å²) < 4.78 is 0. The van der Waals surface area contributed by atoms with Gasteiger partial charge in [0, 0.05) is 5.02 Å². The molecule has 2 N–H and O–H groups in total. The van der Waals surface area contributed by atoms with Crippen LogP contribution in [0.5, 0.6) is 0 Å². The lowest BCUT2D eigenvalue weighted by molar-refractivity contribution is -0.142. The van der Waals surface area contributed by atoms with E-state index >= 15 is 0 Å². The van der Waals surface area contributed by atoms with Gasteiger partial charge in [-0.05, 0) is 24.1 Å². The van der Waals surface area contributed by atoms with Crippen molar-refractivity contribution in [2.24, 2.45) is 5.92 Å². The average molecular weight is 229 g/mol. The SMILES string of the molecule is CC(CC(O)c1ccc(Cl)cc1)C(=O)O. The van der Waals surface area contributed by atoms with E-state index in [0.717, 1.165) is 0 Å².